The molecule has 8 heteroatoms. The molecule has 4 nitrogen and oxygen atoms in total. The second-order valence-corrected chi connectivity index (χ2v) is 7.02. The van der Waals surface area contributed by atoms with Gasteiger partial charge < -0.3 is 4.90 Å². The summed E-state index contributed by atoms with van der Waals surface area (Å²) in [6.07, 6.45) is 0.0552. The van der Waals surface area contributed by atoms with E-state index in [2.05, 4.69) is 16.8 Å². The molecule has 1 saturated heterocycles. The zero-order valence-corrected chi connectivity index (χ0v) is 14.3. The molecule has 0 unspecified atom stereocenters. The monoisotopic (exact) mass is 369 g/mol. The highest BCUT2D eigenvalue weighted by molar-refractivity contribution is 7.17. The molecule has 1 amide bonds. The van der Waals surface area contributed by atoms with Crippen molar-refractivity contribution in [3.63, 3.8) is 0 Å². The normalized spacial score (nSPS) is 15.4. The maximum Gasteiger partial charge on any atom is 0.433 e. The second-order valence-electron chi connectivity index (χ2n) is 5.93. The highest BCUT2D eigenvalue weighted by Gasteiger charge is 2.37. The summed E-state index contributed by atoms with van der Waals surface area (Å²) in [6.45, 7) is 4.98. The lowest BCUT2D eigenvalue weighted by Crippen LogP contribution is -2.35. The van der Waals surface area contributed by atoms with E-state index < -0.39 is 11.9 Å². The predicted molar refractivity (Wildman–Crippen MR) is 90.6 cm³/mol. The van der Waals surface area contributed by atoms with Crippen LogP contribution >= 0.6 is 11.3 Å². The molecule has 1 N–H and O–H groups in total. The zero-order valence-electron chi connectivity index (χ0n) is 13.5. The van der Waals surface area contributed by atoms with Gasteiger partial charge in [-0.2, -0.15) is 18.3 Å². The van der Waals surface area contributed by atoms with Crippen LogP contribution in [0.4, 0.5) is 13.2 Å². The first-order chi connectivity index (χ1) is 11.9. The van der Waals surface area contributed by atoms with Crippen molar-refractivity contribution in [1.82, 2.24) is 15.1 Å². The number of carbonyl (C=O) groups excluding carboxylic acids is 1. The zero-order chi connectivity index (χ0) is 18.0. The van der Waals surface area contributed by atoms with Crippen LogP contribution in [0.15, 0.2) is 24.8 Å². The summed E-state index contributed by atoms with van der Waals surface area (Å²) in [5.74, 6) is -0.0622. The fourth-order valence-electron chi connectivity index (χ4n) is 2.98. The van der Waals surface area contributed by atoms with E-state index in [9.17, 15) is 18.0 Å². The summed E-state index contributed by atoms with van der Waals surface area (Å²) in [6, 6.07) is 3.32. The number of aromatic amines is 1. The molecule has 3 rings (SSSR count). The van der Waals surface area contributed by atoms with Crippen LogP contribution < -0.4 is 0 Å². The first-order valence-electron chi connectivity index (χ1n) is 8.06. The van der Waals surface area contributed by atoms with Gasteiger partial charge >= 0.3 is 6.18 Å². The molecule has 1 aliphatic rings. The number of alkyl halides is 3. The summed E-state index contributed by atoms with van der Waals surface area (Å²) < 4.78 is 39.3. The van der Waals surface area contributed by atoms with Gasteiger partial charge in [0.15, 0.2) is 0 Å². The predicted octanol–water partition coefficient (Wildman–Crippen LogP) is 4.51. The number of allylic oxidation sites excluding steroid dienone is 1. The van der Waals surface area contributed by atoms with Crippen LogP contribution in [0.5, 0.6) is 0 Å². The van der Waals surface area contributed by atoms with Crippen molar-refractivity contribution in [2.45, 2.75) is 31.9 Å². The lowest BCUT2D eigenvalue weighted by molar-refractivity contribution is -0.141. The van der Waals surface area contributed by atoms with Crippen LogP contribution in [0.1, 0.15) is 40.2 Å². The SMILES string of the molecule is C=CCc1c(-c2ccc(C(=O)N3CCCCC3)s2)n[nH]c1C(F)(F)F. The molecule has 3 heterocycles. The molecule has 25 heavy (non-hydrogen) atoms. The Morgan fingerprint density at radius 2 is 2.04 bits per heavy atom. The van der Waals surface area contributed by atoms with Gasteiger partial charge in [-0.3, -0.25) is 9.89 Å². The molecular formula is C17H18F3N3OS. The van der Waals surface area contributed by atoms with E-state index in [1.807, 2.05) is 0 Å². The minimum atomic E-state index is -4.51. The number of thiophene rings is 1. The second kappa shape index (κ2) is 7.03. The Labute approximate surface area is 147 Å². The van der Waals surface area contributed by atoms with Crippen LogP contribution in [0.2, 0.25) is 0 Å². The molecule has 0 radical (unpaired) electrons. The van der Waals surface area contributed by atoms with Crippen molar-refractivity contribution in [3.8, 4) is 10.6 Å². The number of piperidine rings is 1. The van der Waals surface area contributed by atoms with E-state index >= 15 is 0 Å². The maximum absolute atomic E-state index is 13.1. The van der Waals surface area contributed by atoms with Crippen LogP contribution in [0.3, 0.4) is 0 Å². The molecular weight excluding hydrogens is 351 g/mol. The third-order valence-electron chi connectivity index (χ3n) is 4.19. The number of aromatic nitrogens is 2. The van der Waals surface area contributed by atoms with Gasteiger partial charge in [0.1, 0.15) is 11.4 Å². The number of H-pyrrole nitrogens is 1. The average Bonchev–Trinajstić information content (AvgIpc) is 3.21. The standard InChI is InChI=1S/C17H18F3N3OS/c1-2-6-11-14(21-22-15(11)17(18,19)20)12-7-8-13(25-12)16(24)23-9-4-3-5-10-23/h2,7-8H,1,3-6,9-10H2,(H,21,22). The Morgan fingerprint density at radius 3 is 2.68 bits per heavy atom. The first kappa shape index (κ1) is 17.7. The molecule has 1 aliphatic heterocycles. The Balaban J connectivity index is 1.90. The van der Waals surface area contributed by atoms with E-state index in [0.717, 1.165) is 32.4 Å². The minimum Gasteiger partial charge on any atom is -0.338 e. The van der Waals surface area contributed by atoms with Crippen LogP contribution in [0, 0.1) is 0 Å². The van der Waals surface area contributed by atoms with E-state index in [1.165, 1.54) is 17.4 Å². The van der Waals surface area contributed by atoms with Gasteiger partial charge in [-0.25, -0.2) is 0 Å². The average molecular weight is 369 g/mol. The first-order valence-corrected chi connectivity index (χ1v) is 8.88. The molecule has 0 aliphatic carbocycles. The molecule has 2 aromatic rings. The molecule has 0 aromatic carbocycles. The quantitative estimate of drug-likeness (QED) is 0.806. The van der Waals surface area contributed by atoms with Crippen molar-refractivity contribution >= 4 is 17.2 Å². The number of hydrogen-bond acceptors (Lipinski definition) is 3. The van der Waals surface area contributed by atoms with Gasteiger partial charge in [-0.15, -0.1) is 17.9 Å². The lowest BCUT2D eigenvalue weighted by Gasteiger charge is -2.26. The molecule has 1 fully saturated rings. The Morgan fingerprint density at radius 1 is 1.32 bits per heavy atom. The summed E-state index contributed by atoms with van der Waals surface area (Å²) in [4.78, 5) is 15.4. The van der Waals surface area contributed by atoms with E-state index in [1.54, 1.807) is 17.0 Å². The third kappa shape index (κ3) is 3.63. The van der Waals surface area contributed by atoms with Crippen LogP contribution in [-0.4, -0.2) is 34.1 Å². The number of hydrogen-bond donors (Lipinski definition) is 1. The maximum atomic E-state index is 13.1. The number of halogens is 3. The Hall–Kier alpha value is -2.09. The van der Waals surface area contributed by atoms with Crippen LogP contribution in [-0.2, 0) is 12.6 Å². The molecule has 0 bridgehead atoms. The number of rotatable bonds is 4. The topological polar surface area (TPSA) is 49.0 Å². The summed E-state index contributed by atoms with van der Waals surface area (Å²) >= 11 is 1.18. The highest BCUT2D eigenvalue weighted by Crippen LogP contribution is 2.37. The van der Waals surface area contributed by atoms with Gasteiger partial charge in [0, 0.05) is 18.7 Å². The van der Waals surface area contributed by atoms with Crippen molar-refractivity contribution in [3.05, 3.63) is 40.9 Å². The molecule has 0 spiro atoms. The lowest BCUT2D eigenvalue weighted by atomic mass is 10.1. The van der Waals surface area contributed by atoms with Gasteiger partial charge in [0.05, 0.1) is 9.75 Å². The Bertz CT molecular complexity index is 772. The number of amides is 1. The van der Waals surface area contributed by atoms with Gasteiger partial charge in [-0.05, 0) is 37.8 Å². The fraction of sp³-hybridized carbons (Fsp3) is 0.412. The third-order valence-corrected chi connectivity index (χ3v) is 5.27. The molecule has 0 saturated carbocycles. The summed E-state index contributed by atoms with van der Waals surface area (Å²) in [5.41, 5.74) is -0.573. The largest absolute Gasteiger partial charge is 0.433 e. The number of carbonyl (C=O) groups is 1. The number of nitrogens with one attached hydrogen (secondary N) is 1. The van der Waals surface area contributed by atoms with E-state index in [4.69, 9.17) is 0 Å². The summed E-state index contributed by atoms with van der Waals surface area (Å²) in [7, 11) is 0. The summed E-state index contributed by atoms with van der Waals surface area (Å²) in [5, 5.41) is 5.94. The van der Waals surface area contributed by atoms with E-state index in [0.29, 0.717) is 9.75 Å². The Kier molecular flexibility index (Phi) is 4.99. The van der Waals surface area contributed by atoms with Crippen molar-refractivity contribution in [2.75, 3.05) is 13.1 Å². The fourth-order valence-corrected chi connectivity index (χ4v) is 3.97. The minimum absolute atomic E-state index is 0.0496. The van der Waals surface area contributed by atoms with Crippen LogP contribution in [0.25, 0.3) is 10.6 Å². The smallest absolute Gasteiger partial charge is 0.338 e. The molecule has 134 valence electrons. The van der Waals surface area contributed by atoms with Crippen molar-refractivity contribution < 1.29 is 18.0 Å². The number of nitrogens with zero attached hydrogens (tertiary/aromatic N) is 2. The highest BCUT2D eigenvalue weighted by atomic mass is 32.1. The van der Waals surface area contributed by atoms with Gasteiger partial charge in [-0.1, -0.05) is 6.08 Å². The molecule has 0 atom stereocenters. The molecule has 2 aromatic heterocycles. The van der Waals surface area contributed by atoms with E-state index in [-0.39, 0.29) is 23.6 Å². The number of likely N-dealkylation sites (tertiary alicyclic amines) is 1. The van der Waals surface area contributed by atoms with Gasteiger partial charge in [0.2, 0.25) is 0 Å². The van der Waals surface area contributed by atoms with Gasteiger partial charge in [0.25, 0.3) is 5.91 Å². The van der Waals surface area contributed by atoms with Crippen molar-refractivity contribution in [1.29, 1.82) is 0 Å². The van der Waals surface area contributed by atoms with Crippen molar-refractivity contribution in [2.24, 2.45) is 0 Å².